The maximum Gasteiger partial charge on any atom is 0.410 e. The molecule has 0 aromatic carbocycles. The van der Waals surface area contributed by atoms with E-state index in [1.54, 1.807) is 7.05 Å². The zero-order valence-corrected chi connectivity index (χ0v) is 11.9. The van der Waals surface area contributed by atoms with Crippen molar-refractivity contribution < 1.29 is 14.6 Å². The summed E-state index contributed by atoms with van der Waals surface area (Å²) in [6, 6.07) is -0.266. The van der Waals surface area contributed by atoms with Crippen LogP contribution in [-0.2, 0) is 4.74 Å². The molecule has 4 heteroatoms. The molecule has 1 amide bonds. The summed E-state index contributed by atoms with van der Waals surface area (Å²) in [5.41, 5.74) is -0.713. The second kappa shape index (κ2) is 5.71. The van der Waals surface area contributed by atoms with Crippen molar-refractivity contribution in [3.05, 3.63) is 6.92 Å². The highest BCUT2D eigenvalue weighted by Gasteiger charge is 2.28. The van der Waals surface area contributed by atoms with E-state index in [1.807, 2.05) is 34.6 Å². The molecule has 0 heterocycles. The van der Waals surface area contributed by atoms with Crippen LogP contribution in [0.3, 0.4) is 0 Å². The third kappa shape index (κ3) is 7.21. The summed E-state index contributed by atoms with van der Waals surface area (Å²) in [6.07, 6.45) is 0.208. The number of ether oxygens (including phenoxy) is 1. The number of carbonyl (C=O) groups excluding carboxylic acids is 1. The Kier molecular flexibility index (Phi) is 5.46. The molecule has 0 aliphatic heterocycles. The van der Waals surface area contributed by atoms with Crippen LogP contribution >= 0.6 is 0 Å². The van der Waals surface area contributed by atoms with E-state index in [4.69, 9.17) is 4.74 Å². The first kappa shape index (κ1) is 16.2. The number of nitrogens with zero attached hydrogens (tertiary/aromatic N) is 1. The van der Waals surface area contributed by atoms with Crippen LogP contribution in [0.1, 0.15) is 41.0 Å². The minimum atomic E-state index is -0.522. The summed E-state index contributed by atoms with van der Waals surface area (Å²) >= 11 is 0. The first-order chi connectivity index (χ1) is 7.46. The molecule has 0 saturated carbocycles. The molecule has 4 nitrogen and oxygen atoms in total. The SMILES string of the molecule is [CH2]C(C)(C)C[C@@H](CO)N(C)C(=O)OC(C)(C)C. The molecule has 0 aromatic rings. The van der Waals surface area contributed by atoms with Gasteiger partial charge in [-0.2, -0.15) is 0 Å². The minimum Gasteiger partial charge on any atom is -0.444 e. The summed E-state index contributed by atoms with van der Waals surface area (Å²) in [7, 11) is 1.64. The average molecular weight is 244 g/mol. The molecule has 1 N–H and O–H groups in total. The van der Waals surface area contributed by atoms with E-state index in [1.165, 1.54) is 4.90 Å². The quantitative estimate of drug-likeness (QED) is 0.826. The zero-order valence-electron chi connectivity index (χ0n) is 11.9. The van der Waals surface area contributed by atoms with E-state index in [2.05, 4.69) is 6.92 Å². The van der Waals surface area contributed by atoms with Crippen molar-refractivity contribution in [1.29, 1.82) is 0 Å². The van der Waals surface area contributed by atoms with Gasteiger partial charge in [-0.05, 0) is 39.5 Å². The summed E-state index contributed by atoms with van der Waals surface area (Å²) in [5, 5.41) is 9.33. The minimum absolute atomic E-state index is 0.0886. The van der Waals surface area contributed by atoms with E-state index in [0.29, 0.717) is 6.42 Å². The number of hydrogen-bond acceptors (Lipinski definition) is 3. The molecule has 1 atom stereocenters. The molecule has 0 unspecified atom stereocenters. The molecule has 0 bridgehead atoms. The first-order valence-corrected chi connectivity index (χ1v) is 5.88. The van der Waals surface area contributed by atoms with Gasteiger partial charge in [-0.1, -0.05) is 13.8 Å². The Bertz CT molecular complexity index is 250. The molecule has 0 fully saturated rings. The topological polar surface area (TPSA) is 49.8 Å². The fourth-order valence-electron chi connectivity index (χ4n) is 1.44. The molecule has 101 valence electrons. The van der Waals surface area contributed by atoms with Crippen LogP contribution in [-0.4, -0.2) is 41.4 Å². The lowest BCUT2D eigenvalue weighted by molar-refractivity contribution is 0.0121. The van der Waals surface area contributed by atoms with Gasteiger partial charge in [0, 0.05) is 7.05 Å². The molecule has 0 rings (SSSR count). The van der Waals surface area contributed by atoms with Gasteiger partial charge in [-0.15, -0.1) is 0 Å². The van der Waals surface area contributed by atoms with Crippen molar-refractivity contribution >= 4 is 6.09 Å². The van der Waals surface area contributed by atoms with E-state index in [-0.39, 0.29) is 18.1 Å². The Morgan fingerprint density at radius 2 is 1.82 bits per heavy atom. The van der Waals surface area contributed by atoms with Gasteiger partial charge >= 0.3 is 6.09 Å². The average Bonchev–Trinajstić information content (AvgIpc) is 2.08. The second-order valence-electron chi connectivity index (χ2n) is 6.30. The number of rotatable bonds is 4. The number of aliphatic hydroxyl groups is 1. The number of hydrogen-bond donors (Lipinski definition) is 1. The monoisotopic (exact) mass is 244 g/mol. The fourth-order valence-corrected chi connectivity index (χ4v) is 1.44. The van der Waals surface area contributed by atoms with Gasteiger partial charge in [0.05, 0.1) is 12.6 Å². The molecule has 1 radical (unpaired) electrons. The van der Waals surface area contributed by atoms with Crippen LogP contribution in [0.15, 0.2) is 0 Å². The third-order valence-electron chi connectivity index (χ3n) is 2.23. The summed E-state index contributed by atoms with van der Waals surface area (Å²) < 4.78 is 5.25. The molecule has 0 aliphatic rings. The van der Waals surface area contributed by atoms with E-state index in [0.717, 1.165) is 0 Å². The standard InChI is InChI=1S/C13H26NO3/c1-12(2,3)8-10(9-15)14(7)11(16)17-13(4,5)6/h10,15H,1,8-9H2,2-7H3/t10-/m0/s1. The van der Waals surface area contributed by atoms with Gasteiger partial charge in [-0.25, -0.2) is 4.79 Å². The van der Waals surface area contributed by atoms with E-state index in [9.17, 15) is 9.90 Å². The lowest BCUT2D eigenvalue weighted by Crippen LogP contribution is -2.44. The highest BCUT2D eigenvalue weighted by Crippen LogP contribution is 2.23. The molecule has 0 spiro atoms. The van der Waals surface area contributed by atoms with Crippen LogP contribution in [0, 0.1) is 12.3 Å². The number of carbonyl (C=O) groups is 1. The molecule has 17 heavy (non-hydrogen) atoms. The third-order valence-corrected chi connectivity index (χ3v) is 2.23. The van der Waals surface area contributed by atoms with Crippen LogP contribution in [0.5, 0.6) is 0 Å². The predicted octanol–water partition coefficient (Wildman–Crippen LogP) is 2.46. The molecule has 0 aliphatic carbocycles. The maximum absolute atomic E-state index is 11.8. The fraction of sp³-hybridized carbons (Fsp3) is 0.846. The molecule has 0 aromatic heterocycles. The van der Waals surface area contributed by atoms with Gasteiger partial charge in [0.15, 0.2) is 0 Å². The lowest BCUT2D eigenvalue weighted by Gasteiger charge is -2.33. The number of likely N-dealkylation sites (N-methyl/N-ethyl adjacent to an activating group) is 1. The Labute approximate surface area is 105 Å². The second-order valence-corrected chi connectivity index (χ2v) is 6.30. The summed E-state index contributed by atoms with van der Waals surface area (Å²) in [4.78, 5) is 13.3. The largest absolute Gasteiger partial charge is 0.444 e. The summed E-state index contributed by atoms with van der Waals surface area (Å²) in [5.74, 6) is 0. The molecule has 0 saturated heterocycles. The van der Waals surface area contributed by atoms with Crippen LogP contribution in [0.2, 0.25) is 0 Å². The van der Waals surface area contributed by atoms with Gasteiger partial charge in [-0.3, -0.25) is 0 Å². The van der Waals surface area contributed by atoms with Crippen molar-refractivity contribution in [3.8, 4) is 0 Å². The van der Waals surface area contributed by atoms with Crippen LogP contribution in [0.25, 0.3) is 0 Å². The molecular weight excluding hydrogens is 218 g/mol. The highest BCUT2D eigenvalue weighted by molar-refractivity contribution is 5.68. The van der Waals surface area contributed by atoms with Gasteiger partial charge in [0.2, 0.25) is 0 Å². The van der Waals surface area contributed by atoms with Gasteiger partial charge in [0.25, 0.3) is 0 Å². The molecular formula is C13H26NO3. The lowest BCUT2D eigenvalue weighted by atomic mass is 9.88. The van der Waals surface area contributed by atoms with Crippen molar-refractivity contribution in [1.82, 2.24) is 4.90 Å². The number of amides is 1. The van der Waals surface area contributed by atoms with E-state index >= 15 is 0 Å². The van der Waals surface area contributed by atoms with Crippen molar-refractivity contribution in [2.24, 2.45) is 5.41 Å². The predicted molar refractivity (Wildman–Crippen MR) is 68.6 cm³/mol. The Morgan fingerprint density at radius 3 is 2.12 bits per heavy atom. The highest BCUT2D eigenvalue weighted by atomic mass is 16.6. The van der Waals surface area contributed by atoms with Crippen LogP contribution in [0.4, 0.5) is 4.79 Å². The number of aliphatic hydroxyl groups excluding tert-OH is 1. The van der Waals surface area contributed by atoms with E-state index < -0.39 is 11.7 Å². The summed E-state index contributed by atoms with van der Waals surface area (Å²) in [6.45, 7) is 13.3. The van der Waals surface area contributed by atoms with Crippen molar-refractivity contribution in [2.45, 2.75) is 52.7 Å². The Hall–Kier alpha value is -0.770. The van der Waals surface area contributed by atoms with Crippen molar-refractivity contribution in [3.63, 3.8) is 0 Å². The normalized spacial score (nSPS) is 14.4. The van der Waals surface area contributed by atoms with Gasteiger partial charge in [0.1, 0.15) is 5.60 Å². The smallest absolute Gasteiger partial charge is 0.410 e. The van der Waals surface area contributed by atoms with Crippen molar-refractivity contribution in [2.75, 3.05) is 13.7 Å². The van der Waals surface area contributed by atoms with Gasteiger partial charge < -0.3 is 14.7 Å². The first-order valence-electron chi connectivity index (χ1n) is 5.88. The maximum atomic E-state index is 11.8. The Morgan fingerprint density at radius 1 is 1.35 bits per heavy atom. The van der Waals surface area contributed by atoms with Crippen LogP contribution < -0.4 is 0 Å². The Balaban J connectivity index is 4.54. The zero-order chi connectivity index (χ0) is 13.9.